The van der Waals surface area contributed by atoms with Gasteiger partial charge in [-0.25, -0.2) is 4.98 Å². The van der Waals surface area contributed by atoms with Crippen LogP contribution in [0, 0.1) is 27.7 Å². The second kappa shape index (κ2) is 7.09. The molecule has 0 unspecified atom stereocenters. The fourth-order valence-corrected chi connectivity index (χ4v) is 3.56. The molecule has 0 bridgehead atoms. The van der Waals surface area contributed by atoms with Crippen LogP contribution in [0.1, 0.15) is 27.4 Å². The number of aromatic nitrogens is 3. The molecule has 2 heterocycles. The number of hydrogen-bond acceptors (Lipinski definition) is 4. The summed E-state index contributed by atoms with van der Waals surface area (Å²) in [6.07, 6.45) is -0.0248. The second-order valence-electron chi connectivity index (χ2n) is 6.18. The van der Waals surface area contributed by atoms with Gasteiger partial charge in [0.05, 0.1) is 12.1 Å². The molecular formula is C18H19ClN4O2S. The lowest BCUT2D eigenvalue weighted by Crippen LogP contribution is -2.22. The topological polar surface area (TPSA) is 79.8 Å². The van der Waals surface area contributed by atoms with Crippen molar-refractivity contribution in [3.8, 4) is 5.13 Å². The van der Waals surface area contributed by atoms with Crippen molar-refractivity contribution < 1.29 is 4.79 Å². The lowest BCUT2D eigenvalue weighted by atomic mass is 10.1. The summed E-state index contributed by atoms with van der Waals surface area (Å²) in [7, 11) is 0. The minimum absolute atomic E-state index is 0.0248. The molecule has 3 aromatic rings. The SMILES string of the molecule is Cc1ccc(NC(=O)Cc2c(C)[nH]n(-c3nc(C)c(C)s3)c2=O)cc1Cl. The number of anilines is 1. The zero-order chi connectivity index (χ0) is 19.0. The van der Waals surface area contributed by atoms with Crippen molar-refractivity contribution in [2.75, 3.05) is 5.32 Å². The summed E-state index contributed by atoms with van der Waals surface area (Å²) < 4.78 is 1.39. The van der Waals surface area contributed by atoms with E-state index < -0.39 is 0 Å². The number of rotatable bonds is 4. The van der Waals surface area contributed by atoms with Gasteiger partial charge in [0, 0.05) is 26.8 Å². The van der Waals surface area contributed by atoms with Crippen LogP contribution in [0.25, 0.3) is 5.13 Å². The molecule has 6 nitrogen and oxygen atoms in total. The van der Waals surface area contributed by atoms with Crippen LogP contribution < -0.4 is 10.9 Å². The number of hydrogen-bond donors (Lipinski definition) is 2. The van der Waals surface area contributed by atoms with E-state index in [2.05, 4.69) is 15.4 Å². The highest BCUT2D eigenvalue weighted by Crippen LogP contribution is 2.21. The Hall–Kier alpha value is -2.38. The number of halogens is 1. The number of thiazole rings is 1. The number of nitrogens with zero attached hydrogens (tertiary/aromatic N) is 2. The van der Waals surface area contributed by atoms with Gasteiger partial charge in [-0.15, -0.1) is 0 Å². The van der Waals surface area contributed by atoms with E-state index in [1.54, 1.807) is 19.1 Å². The molecule has 26 heavy (non-hydrogen) atoms. The Bertz CT molecular complexity index is 1030. The van der Waals surface area contributed by atoms with Crippen molar-refractivity contribution >= 4 is 34.5 Å². The van der Waals surface area contributed by atoms with Crippen LogP contribution in [0.4, 0.5) is 5.69 Å². The molecule has 0 aliphatic carbocycles. The molecular weight excluding hydrogens is 372 g/mol. The van der Waals surface area contributed by atoms with E-state index in [9.17, 15) is 9.59 Å². The highest BCUT2D eigenvalue weighted by molar-refractivity contribution is 7.14. The first-order valence-electron chi connectivity index (χ1n) is 8.07. The van der Waals surface area contributed by atoms with Crippen molar-refractivity contribution in [2.45, 2.75) is 34.1 Å². The third-order valence-corrected chi connectivity index (χ3v) is 5.66. The molecule has 8 heteroatoms. The number of carbonyl (C=O) groups excluding carboxylic acids is 1. The number of amides is 1. The van der Waals surface area contributed by atoms with E-state index in [-0.39, 0.29) is 17.9 Å². The van der Waals surface area contributed by atoms with Crippen LogP contribution in [-0.2, 0) is 11.2 Å². The Balaban J connectivity index is 1.82. The molecule has 0 fully saturated rings. The fraction of sp³-hybridized carbons (Fsp3) is 0.278. The number of benzene rings is 1. The molecule has 0 atom stereocenters. The van der Waals surface area contributed by atoms with Crippen LogP contribution in [0.5, 0.6) is 0 Å². The number of carbonyl (C=O) groups is 1. The van der Waals surface area contributed by atoms with Gasteiger partial charge < -0.3 is 5.32 Å². The van der Waals surface area contributed by atoms with Crippen LogP contribution in [0.3, 0.4) is 0 Å². The normalized spacial score (nSPS) is 11.0. The van der Waals surface area contributed by atoms with Crippen molar-refractivity contribution in [1.29, 1.82) is 0 Å². The summed E-state index contributed by atoms with van der Waals surface area (Å²) >= 11 is 7.51. The molecule has 2 aromatic heterocycles. The first-order valence-corrected chi connectivity index (χ1v) is 9.26. The maximum absolute atomic E-state index is 12.7. The lowest BCUT2D eigenvalue weighted by molar-refractivity contribution is -0.115. The summed E-state index contributed by atoms with van der Waals surface area (Å²) in [6.45, 7) is 7.52. The highest BCUT2D eigenvalue weighted by Gasteiger charge is 2.18. The van der Waals surface area contributed by atoms with E-state index in [1.807, 2.05) is 26.8 Å². The van der Waals surface area contributed by atoms with Gasteiger partial charge in [0.1, 0.15) is 0 Å². The van der Waals surface area contributed by atoms with Crippen LogP contribution >= 0.6 is 22.9 Å². The van der Waals surface area contributed by atoms with Gasteiger partial charge in [0.15, 0.2) is 0 Å². The highest BCUT2D eigenvalue weighted by atomic mass is 35.5. The molecule has 3 rings (SSSR count). The van der Waals surface area contributed by atoms with E-state index >= 15 is 0 Å². The first-order chi connectivity index (χ1) is 12.3. The van der Waals surface area contributed by atoms with E-state index in [0.29, 0.717) is 27.1 Å². The number of aryl methyl sites for hydroxylation is 4. The molecule has 2 N–H and O–H groups in total. The summed E-state index contributed by atoms with van der Waals surface area (Å²) in [5, 5.41) is 6.94. The van der Waals surface area contributed by atoms with Gasteiger partial charge in [-0.3, -0.25) is 14.7 Å². The number of nitrogens with one attached hydrogen (secondary N) is 2. The average Bonchev–Trinajstić information content (AvgIpc) is 3.04. The predicted octanol–water partition coefficient (Wildman–Crippen LogP) is 3.69. The summed E-state index contributed by atoms with van der Waals surface area (Å²) in [5.41, 5.74) is 3.24. The molecule has 0 saturated carbocycles. The summed E-state index contributed by atoms with van der Waals surface area (Å²) in [6, 6.07) is 5.31. The zero-order valence-electron chi connectivity index (χ0n) is 14.9. The maximum Gasteiger partial charge on any atom is 0.277 e. The molecule has 1 aromatic carbocycles. The van der Waals surface area contributed by atoms with E-state index in [4.69, 9.17) is 11.6 Å². The van der Waals surface area contributed by atoms with Crippen LogP contribution in [0.15, 0.2) is 23.0 Å². The third kappa shape index (κ3) is 3.59. The number of aromatic amines is 1. The van der Waals surface area contributed by atoms with Gasteiger partial charge in [-0.05, 0) is 45.4 Å². The predicted molar refractivity (Wildman–Crippen MR) is 105 cm³/mol. The van der Waals surface area contributed by atoms with E-state index in [0.717, 1.165) is 16.1 Å². The Morgan fingerprint density at radius 2 is 2.04 bits per heavy atom. The van der Waals surface area contributed by atoms with Crippen molar-refractivity contribution in [2.24, 2.45) is 0 Å². The molecule has 0 saturated heterocycles. The molecule has 0 spiro atoms. The van der Waals surface area contributed by atoms with Crippen molar-refractivity contribution in [3.05, 3.63) is 61.0 Å². The largest absolute Gasteiger partial charge is 0.326 e. The van der Waals surface area contributed by atoms with Gasteiger partial charge >= 0.3 is 0 Å². The minimum Gasteiger partial charge on any atom is -0.326 e. The molecule has 0 aliphatic rings. The quantitative estimate of drug-likeness (QED) is 0.712. The first kappa shape index (κ1) is 18.4. The molecule has 136 valence electrons. The molecule has 1 amide bonds. The van der Waals surface area contributed by atoms with E-state index in [1.165, 1.54) is 16.0 Å². The average molecular weight is 391 g/mol. The maximum atomic E-state index is 12.7. The van der Waals surface area contributed by atoms with Crippen LogP contribution in [0.2, 0.25) is 5.02 Å². The van der Waals surface area contributed by atoms with Gasteiger partial charge in [-0.1, -0.05) is 29.0 Å². The smallest absolute Gasteiger partial charge is 0.277 e. The summed E-state index contributed by atoms with van der Waals surface area (Å²) in [4.78, 5) is 30.5. The number of H-pyrrole nitrogens is 1. The standard InChI is InChI=1S/C18H19ClN4O2S/c1-9-5-6-13(7-15(9)19)21-16(24)8-14-11(3)22-23(17(14)25)18-20-10(2)12(4)26-18/h5-7,22H,8H2,1-4H3,(H,21,24). The van der Waals surface area contributed by atoms with Gasteiger partial charge in [-0.2, -0.15) is 4.68 Å². The molecule has 0 radical (unpaired) electrons. The summed E-state index contributed by atoms with van der Waals surface area (Å²) in [5.74, 6) is -0.275. The fourth-order valence-electron chi connectivity index (χ4n) is 2.51. The van der Waals surface area contributed by atoms with Crippen LogP contribution in [-0.4, -0.2) is 20.7 Å². The lowest BCUT2D eigenvalue weighted by Gasteiger charge is -2.06. The Morgan fingerprint density at radius 1 is 1.31 bits per heavy atom. The zero-order valence-corrected chi connectivity index (χ0v) is 16.5. The Kier molecular flexibility index (Phi) is 5.02. The van der Waals surface area contributed by atoms with Crippen molar-refractivity contribution in [1.82, 2.24) is 14.8 Å². The minimum atomic E-state index is -0.275. The molecule has 0 aliphatic heterocycles. The van der Waals surface area contributed by atoms with Gasteiger partial charge in [0.2, 0.25) is 11.0 Å². The van der Waals surface area contributed by atoms with Gasteiger partial charge in [0.25, 0.3) is 5.56 Å². The van der Waals surface area contributed by atoms with Crippen molar-refractivity contribution in [3.63, 3.8) is 0 Å². The Labute approximate surface area is 159 Å². The third-order valence-electron chi connectivity index (χ3n) is 4.19. The second-order valence-corrected chi connectivity index (χ2v) is 7.77. The monoisotopic (exact) mass is 390 g/mol. The Morgan fingerprint density at radius 3 is 2.65 bits per heavy atom.